The van der Waals surface area contributed by atoms with Gasteiger partial charge in [-0.2, -0.15) is 0 Å². The number of hydrogen-bond donors (Lipinski definition) is 1. The zero-order valence-corrected chi connectivity index (χ0v) is 13.8. The van der Waals surface area contributed by atoms with E-state index < -0.39 is 0 Å². The van der Waals surface area contributed by atoms with Crippen molar-refractivity contribution >= 4 is 5.91 Å². The second-order valence-electron chi connectivity index (χ2n) is 6.39. The maximum absolute atomic E-state index is 13.0. The molecule has 0 aliphatic carbocycles. The van der Waals surface area contributed by atoms with Gasteiger partial charge in [0, 0.05) is 7.05 Å². The Labute approximate surface area is 128 Å². The third-order valence-electron chi connectivity index (χ3n) is 5.15. The van der Waals surface area contributed by atoms with Crippen molar-refractivity contribution in [1.82, 2.24) is 10.2 Å². The topological polar surface area (TPSA) is 32.3 Å². The summed E-state index contributed by atoms with van der Waals surface area (Å²) in [7, 11) is 1.95. The average molecular weight is 288 g/mol. The molecule has 0 saturated carbocycles. The molecule has 1 aliphatic heterocycles. The first-order valence-electron chi connectivity index (χ1n) is 8.05. The van der Waals surface area contributed by atoms with Gasteiger partial charge in [-0.1, -0.05) is 36.8 Å². The lowest BCUT2D eigenvalue weighted by Gasteiger charge is -2.40. The number of aryl methyl sites for hydroxylation is 1. The number of nitrogens with one attached hydrogen (secondary N) is 1. The van der Waals surface area contributed by atoms with Gasteiger partial charge in [-0.25, -0.2) is 0 Å². The van der Waals surface area contributed by atoms with E-state index in [2.05, 4.69) is 50.4 Å². The van der Waals surface area contributed by atoms with E-state index in [1.54, 1.807) is 0 Å². The Hall–Kier alpha value is -1.35. The summed E-state index contributed by atoms with van der Waals surface area (Å²) in [5.41, 5.74) is 2.29. The predicted octanol–water partition coefficient (Wildman–Crippen LogP) is 3.29. The molecule has 21 heavy (non-hydrogen) atoms. The minimum Gasteiger partial charge on any atom is -0.339 e. The van der Waals surface area contributed by atoms with Crippen LogP contribution >= 0.6 is 0 Å². The van der Waals surface area contributed by atoms with Gasteiger partial charge < -0.3 is 10.2 Å². The average Bonchev–Trinajstić information content (AvgIpc) is 2.54. The number of rotatable bonds is 4. The number of amides is 1. The van der Waals surface area contributed by atoms with E-state index in [1.807, 2.05) is 11.9 Å². The maximum Gasteiger partial charge on any atom is 0.229 e. The van der Waals surface area contributed by atoms with Crippen LogP contribution in [0.1, 0.15) is 50.3 Å². The van der Waals surface area contributed by atoms with Crippen LogP contribution in [-0.4, -0.2) is 30.9 Å². The molecule has 0 radical (unpaired) electrons. The standard InChI is InChI=1S/C18H28N2O/c1-5-18(10-12-19-13-11-18)17(21)20(4)15(3)16-8-6-14(2)7-9-16/h6-9,15,19H,5,10-13H2,1-4H3. The van der Waals surface area contributed by atoms with E-state index in [-0.39, 0.29) is 11.5 Å². The van der Waals surface area contributed by atoms with Gasteiger partial charge in [-0.3, -0.25) is 4.79 Å². The lowest BCUT2D eigenvalue weighted by molar-refractivity contribution is -0.144. The number of carbonyl (C=O) groups is 1. The van der Waals surface area contributed by atoms with Crippen molar-refractivity contribution in [3.63, 3.8) is 0 Å². The third kappa shape index (κ3) is 3.29. The van der Waals surface area contributed by atoms with E-state index in [4.69, 9.17) is 0 Å². The molecule has 116 valence electrons. The number of nitrogens with zero attached hydrogens (tertiary/aromatic N) is 1. The first kappa shape index (κ1) is 16.0. The van der Waals surface area contributed by atoms with Crippen molar-refractivity contribution in [2.24, 2.45) is 5.41 Å². The first-order chi connectivity index (χ1) is 10.00. The molecule has 1 unspecified atom stereocenters. The largest absolute Gasteiger partial charge is 0.339 e. The van der Waals surface area contributed by atoms with Crippen LogP contribution in [0.5, 0.6) is 0 Å². The summed E-state index contributed by atoms with van der Waals surface area (Å²) in [6, 6.07) is 8.61. The van der Waals surface area contributed by atoms with E-state index in [9.17, 15) is 4.79 Å². The normalized spacial score (nSPS) is 19.0. The molecule has 1 aromatic rings. The Morgan fingerprint density at radius 3 is 2.38 bits per heavy atom. The van der Waals surface area contributed by atoms with Gasteiger partial charge >= 0.3 is 0 Å². The Morgan fingerprint density at radius 1 is 1.29 bits per heavy atom. The Balaban J connectivity index is 2.15. The van der Waals surface area contributed by atoms with Gasteiger partial charge in [0.25, 0.3) is 0 Å². The summed E-state index contributed by atoms with van der Waals surface area (Å²) in [5, 5.41) is 3.36. The summed E-state index contributed by atoms with van der Waals surface area (Å²) >= 11 is 0. The molecule has 1 saturated heterocycles. The van der Waals surface area contributed by atoms with Crippen LogP contribution in [0.3, 0.4) is 0 Å². The van der Waals surface area contributed by atoms with Crippen LogP contribution in [0.15, 0.2) is 24.3 Å². The van der Waals surface area contributed by atoms with Crippen molar-refractivity contribution in [2.75, 3.05) is 20.1 Å². The molecule has 0 spiro atoms. The molecular formula is C18H28N2O. The van der Waals surface area contributed by atoms with Crippen LogP contribution < -0.4 is 5.32 Å². The van der Waals surface area contributed by atoms with Crippen LogP contribution in [0.25, 0.3) is 0 Å². The van der Waals surface area contributed by atoms with Gasteiger partial charge in [-0.15, -0.1) is 0 Å². The third-order valence-corrected chi connectivity index (χ3v) is 5.15. The van der Waals surface area contributed by atoms with E-state index in [1.165, 1.54) is 11.1 Å². The lowest BCUT2D eigenvalue weighted by Crippen LogP contribution is -2.48. The highest BCUT2D eigenvalue weighted by Gasteiger charge is 2.40. The van der Waals surface area contributed by atoms with Crippen molar-refractivity contribution in [3.8, 4) is 0 Å². The molecule has 1 atom stereocenters. The van der Waals surface area contributed by atoms with E-state index in [0.717, 1.165) is 32.4 Å². The van der Waals surface area contributed by atoms with Crippen LogP contribution in [0.4, 0.5) is 0 Å². The van der Waals surface area contributed by atoms with Gasteiger partial charge in [-0.05, 0) is 51.8 Å². The number of carbonyl (C=O) groups excluding carboxylic acids is 1. The van der Waals surface area contributed by atoms with Crippen molar-refractivity contribution in [1.29, 1.82) is 0 Å². The fourth-order valence-corrected chi connectivity index (χ4v) is 3.24. The molecule has 1 heterocycles. The second kappa shape index (κ2) is 6.61. The molecule has 1 amide bonds. The van der Waals surface area contributed by atoms with Crippen LogP contribution in [-0.2, 0) is 4.79 Å². The van der Waals surface area contributed by atoms with Gasteiger partial charge in [0.1, 0.15) is 0 Å². The SMILES string of the molecule is CCC1(C(=O)N(C)C(C)c2ccc(C)cc2)CCNCC1. The zero-order chi connectivity index (χ0) is 15.5. The molecule has 2 rings (SSSR count). The Bertz CT molecular complexity index is 474. The molecule has 1 aliphatic rings. The smallest absolute Gasteiger partial charge is 0.229 e. The summed E-state index contributed by atoms with van der Waals surface area (Å²) in [6.07, 6.45) is 2.83. The highest BCUT2D eigenvalue weighted by Crippen LogP contribution is 2.36. The Kier molecular flexibility index (Phi) is 5.04. The fourth-order valence-electron chi connectivity index (χ4n) is 3.24. The van der Waals surface area contributed by atoms with Crippen molar-refractivity contribution in [2.45, 2.75) is 46.1 Å². The van der Waals surface area contributed by atoms with Gasteiger partial charge in [0.15, 0.2) is 0 Å². The summed E-state index contributed by atoms with van der Waals surface area (Å²) in [6.45, 7) is 8.25. The molecule has 3 nitrogen and oxygen atoms in total. The molecule has 1 fully saturated rings. The highest BCUT2D eigenvalue weighted by molar-refractivity contribution is 5.83. The van der Waals surface area contributed by atoms with E-state index >= 15 is 0 Å². The summed E-state index contributed by atoms with van der Waals surface area (Å²) in [5.74, 6) is 0.305. The fraction of sp³-hybridized carbons (Fsp3) is 0.611. The molecule has 0 aromatic heterocycles. The maximum atomic E-state index is 13.0. The van der Waals surface area contributed by atoms with Gasteiger partial charge in [0.05, 0.1) is 11.5 Å². The lowest BCUT2D eigenvalue weighted by atomic mass is 9.75. The predicted molar refractivity (Wildman–Crippen MR) is 87.2 cm³/mol. The number of hydrogen-bond acceptors (Lipinski definition) is 2. The monoisotopic (exact) mass is 288 g/mol. The van der Waals surface area contributed by atoms with E-state index in [0.29, 0.717) is 5.91 Å². The van der Waals surface area contributed by atoms with Crippen molar-refractivity contribution in [3.05, 3.63) is 35.4 Å². The molecule has 1 aromatic carbocycles. The van der Waals surface area contributed by atoms with Crippen LogP contribution in [0.2, 0.25) is 0 Å². The molecular weight excluding hydrogens is 260 g/mol. The zero-order valence-electron chi connectivity index (χ0n) is 13.8. The summed E-state index contributed by atoms with van der Waals surface area (Å²) in [4.78, 5) is 15.0. The van der Waals surface area contributed by atoms with Crippen molar-refractivity contribution < 1.29 is 4.79 Å². The summed E-state index contributed by atoms with van der Waals surface area (Å²) < 4.78 is 0. The first-order valence-corrected chi connectivity index (χ1v) is 8.05. The quantitative estimate of drug-likeness (QED) is 0.922. The van der Waals surface area contributed by atoms with Gasteiger partial charge in [0.2, 0.25) is 5.91 Å². The number of benzene rings is 1. The highest BCUT2D eigenvalue weighted by atomic mass is 16.2. The van der Waals surface area contributed by atoms with Crippen LogP contribution in [0, 0.1) is 12.3 Å². The second-order valence-corrected chi connectivity index (χ2v) is 6.39. The molecule has 1 N–H and O–H groups in total. The minimum atomic E-state index is -0.168. The molecule has 0 bridgehead atoms. The minimum absolute atomic E-state index is 0.122. The number of piperidine rings is 1. The molecule has 3 heteroatoms. The Morgan fingerprint density at radius 2 is 1.86 bits per heavy atom.